The Bertz CT molecular complexity index is 1580. The summed E-state index contributed by atoms with van der Waals surface area (Å²) in [5, 5.41) is 2.41. The van der Waals surface area contributed by atoms with Crippen LogP contribution >= 0.6 is 11.6 Å². The Morgan fingerprint density at radius 2 is 1.61 bits per heavy atom. The van der Waals surface area contributed by atoms with Gasteiger partial charge in [0.05, 0.1) is 21.2 Å². The maximum Gasteiger partial charge on any atom is 0.417 e. The standard InChI is InChI=1S/C32H35ClF3N3O4S/c1-22-11-9-10-12-24(22)20-38(23(2)31(41)37-25-13-5-3-6-14-25)30(40)21-39(44(42,43)27-15-7-4-8-16-27)26-17-18-29(33)28(19-26)32(34,35)36/h4,7-12,15-19,23,25H,3,5-6,13-14,20-21H2,1-2H3,(H,37,41). The number of nitrogens with one attached hydrogen (secondary N) is 1. The summed E-state index contributed by atoms with van der Waals surface area (Å²) >= 11 is 5.83. The number of alkyl halides is 3. The Kier molecular flexibility index (Phi) is 10.6. The summed E-state index contributed by atoms with van der Waals surface area (Å²) in [7, 11) is -4.53. The van der Waals surface area contributed by atoms with E-state index < -0.39 is 51.0 Å². The number of benzene rings is 3. The van der Waals surface area contributed by atoms with Crippen molar-refractivity contribution in [2.24, 2.45) is 0 Å². The molecule has 1 aliphatic rings. The van der Waals surface area contributed by atoms with Crippen LogP contribution in [0.5, 0.6) is 0 Å². The van der Waals surface area contributed by atoms with Gasteiger partial charge >= 0.3 is 6.18 Å². The first-order valence-electron chi connectivity index (χ1n) is 14.4. The molecule has 3 aromatic rings. The smallest absolute Gasteiger partial charge is 0.352 e. The van der Waals surface area contributed by atoms with E-state index in [2.05, 4.69) is 5.32 Å². The van der Waals surface area contributed by atoms with E-state index in [0.717, 1.165) is 55.4 Å². The van der Waals surface area contributed by atoms with E-state index in [9.17, 15) is 31.2 Å². The average Bonchev–Trinajstić information content (AvgIpc) is 2.99. The Hall–Kier alpha value is -3.57. The SMILES string of the molecule is Cc1ccccc1CN(C(=O)CN(c1ccc(Cl)c(C(F)(F)F)c1)S(=O)(=O)c1ccccc1)C(C)C(=O)NC1CCCCC1. The highest BCUT2D eigenvalue weighted by molar-refractivity contribution is 7.92. The van der Waals surface area contributed by atoms with Crippen molar-refractivity contribution in [1.82, 2.24) is 10.2 Å². The zero-order valence-electron chi connectivity index (χ0n) is 24.5. The number of amides is 2. The highest BCUT2D eigenvalue weighted by Crippen LogP contribution is 2.38. The molecule has 0 radical (unpaired) electrons. The second-order valence-corrected chi connectivity index (χ2v) is 13.2. The van der Waals surface area contributed by atoms with Crippen LogP contribution in [0.15, 0.2) is 77.7 Å². The van der Waals surface area contributed by atoms with Crippen LogP contribution in [0.3, 0.4) is 0 Å². The van der Waals surface area contributed by atoms with Crippen molar-refractivity contribution in [3.8, 4) is 0 Å². The predicted molar refractivity (Wildman–Crippen MR) is 164 cm³/mol. The van der Waals surface area contributed by atoms with E-state index in [1.807, 2.05) is 19.1 Å². The molecule has 1 unspecified atom stereocenters. The first-order valence-corrected chi connectivity index (χ1v) is 16.2. The molecule has 0 aliphatic heterocycles. The fourth-order valence-corrected chi connectivity index (χ4v) is 6.91. The van der Waals surface area contributed by atoms with Crippen LogP contribution in [0, 0.1) is 6.92 Å². The number of halogens is 4. The van der Waals surface area contributed by atoms with E-state index in [1.54, 1.807) is 25.1 Å². The molecule has 1 aliphatic carbocycles. The number of hydrogen-bond acceptors (Lipinski definition) is 4. The van der Waals surface area contributed by atoms with E-state index in [1.165, 1.54) is 29.2 Å². The molecule has 1 saturated carbocycles. The molecule has 0 bridgehead atoms. The number of hydrogen-bond donors (Lipinski definition) is 1. The van der Waals surface area contributed by atoms with Crippen molar-refractivity contribution in [3.05, 3.63) is 94.5 Å². The average molecular weight is 650 g/mol. The molecule has 44 heavy (non-hydrogen) atoms. The minimum absolute atomic E-state index is 0.0155. The van der Waals surface area contributed by atoms with Gasteiger partial charge in [-0.25, -0.2) is 8.42 Å². The summed E-state index contributed by atoms with van der Waals surface area (Å²) in [6.07, 6.45) is -0.165. The number of rotatable bonds is 10. The van der Waals surface area contributed by atoms with Gasteiger partial charge in [-0.3, -0.25) is 13.9 Å². The first-order chi connectivity index (χ1) is 20.8. The molecule has 1 fully saturated rings. The minimum atomic E-state index is -4.87. The molecular formula is C32H35ClF3N3O4S. The van der Waals surface area contributed by atoms with E-state index in [4.69, 9.17) is 11.6 Å². The lowest BCUT2D eigenvalue weighted by Gasteiger charge is -2.33. The second-order valence-electron chi connectivity index (χ2n) is 11.0. The summed E-state index contributed by atoms with van der Waals surface area (Å²) in [4.78, 5) is 28.6. The van der Waals surface area contributed by atoms with Crippen LogP contribution in [0.25, 0.3) is 0 Å². The number of aryl methyl sites for hydroxylation is 1. The second kappa shape index (κ2) is 14.0. The summed E-state index contributed by atoms with van der Waals surface area (Å²) in [5.74, 6) is -1.15. The molecule has 7 nitrogen and oxygen atoms in total. The molecule has 0 spiro atoms. The van der Waals surface area contributed by atoms with Gasteiger partial charge in [0.15, 0.2) is 0 Å². The predicted octanol–water partition coefficient (Wildman–Crippen LogP) is 6.73. The molecule has 1 N–H and O–H groups in total. The van der Waals surface area contributed by atoms with E-state index in [-0.39, 0.29) is 23.4 Å². The lowest BCUT2D eigenvalue weighted by Crippen LogP contribution is -2.53. The highest BCUT2D eigenvalue weighted by Gasteiger charge is 2.37. The third kappa shape index (κ3) is 7.92. The minimum Gasteiger partial charge on any atom is -0.352 e. The monoisotopic (exact) mass is 649 g/mol. The third-order valence-corrected chi connectivity index (χ3v) is 9.99. The van der Waals surface area contributed by atoms with E-state index >= 15 is 0 Å². The third-order valence-electron chi connectivity index (χ3n) is 7.87. The lowest BCUT2D eigenvalue weighted by atomic mass is 9.95. The van der Waals surface area contributed by atoms with Crippen LogP contribution in [-0.4, -0.2) is 43.8 Å². The summed E-state index contributed by atoms with van der Waals surface area (Å²) in [5.41, 5.74) is -0.0450. The fourth-order valence-electron chi connectivity index (χ4n) is 5.26. The number of nitrogens with zero attached hydrogens (tertiary/aromatic N) is 2. The fraction of sp³-hybridized carbons (Fsp3) is 0.375. The van der Waals surface area contributed by atoms with Crippen LogP contribution < -0.4 is 9.62 Å². The lowest BCUT2D eigenvalue weighted by molar-refractivity contribution is -0.139. The van der Waals surface area contributed by atoms with Gasteiger partial charge in [0.2, 0.25) is 11.8 Å². The number of carbonyl (C=O) groups is 2. The Balaban J connectivity index is 1.74. The number of anilines is 1. The van der Waals surface area contributed by atoms with Crippen LogP contribution in [-0.2, 0) is 32.3 Å². The van der Waals surface area contributed by atoms with Crippen LogP contribution in [0.4, 0.5) is 18.9 Å². The maximum absolute atomic E-state index is 14.1. The maximum atomic E-state index is 14.1. The van der Waals surface area contributed by atoms with Gasteiger partial charge in [0.25, 0.3) is 10.0 Å². The van der Waals surface area contributed by atoms with Crippen LogP contribution in [0.2, 0.25) is 5.02 Å². The summed E-state index contributed by atoms with van der Waals surface area (Å²) in [6, 6.07) is 16.0. The Labute approximate surface area is 261 Å². The molecular weight excluding hydrogens is 615 g/mol. The van der Waals surface area contributed by atoms with Crippen LogP contribution in [0.1, 0.15) is 55.7 Å². The van der Waals surface area contributed by atoms with Gasteiger partial charge in [-0.1, -0.05) is 73.3 Å². The Morgan fingerprint density at radius 1 is 0.977 bits per heavy atom. The van der Waals surface area contributed by atoms with Gasteiger partial charge in [0.1, 0.15) is 12.6 Å². The molecule has 12 heteroatoms. The molecule has 0 aromatic heterocycles. The first kappa shape index (κ1) is 33.3. The molecule has 4 rings (SSSR count). The number of sulfonamides is 1. The summed E-state index contributed by atoms with van der Waals surface area (Å²) in [6.45, 7) is 2.54. The topological polar surface area (TPSA) is 86.8 Å². The van der Waals surface area contributed by atoms with Crippen molar-refractivity contribution < 1.29 is 31.2 Å². The highest BCUT2D eigenvalue weighted by atomic mass is 35.5. The molecule has 2 amide bonds. The number of carbonyl (C=O) groups excluding carboxylic acids is 2. The molecule has 236 valence electrons. The molecule has 1 atom stereocenters. The zero-order valence-corrected chi connectivity index (χ0v) is 26.1. The Morgan fingerprint density at radius 3 is 2.25 bits per heavy atom. The zero-order chi connectivity index (χ0) is 32.1. The normalized spacial score (nSPS) is 15.0. The van der Waals surface area contributed by atoms with Crippen molar-refractivity contribution in [3.63, 3.8) is 0 Å². The van der Waals surface area contributed by atoms with Crippen molar-refractivity contribution in [2.75, 3.05) is 10.8 Å². The van der Waals surface area contributed by atoms with Crippen molar-refractivity contribution in [1.29, 1.82) is 0 Å². The van der Waals surface area contributed by atoms with Crippen molar-refractivity contribution in [2.45, 2.75) is 75.7 Å². The van der Waals surface area contributed by atoms with Gasteiger partial charge in [-0.2, -0.15) is 13.2 Å². The van der Waals surface area contributed by atoms with Crippen molar-refractivity contribution >= 4 is 39.1 Å². The molecule has 3 aromatic carbocycles. The van der Waals surface area contributed by atoms with Gasteiger partial charge in [-0.15, -0.1) is 0 Å². The molecule has 0 saturated heterocycles. The quantitative estimate of drug-likeness (QED) is 0.264. The summed E-state index contributed by atoms with van der Waals surface area (Å²) < 4.78 is 69.8. The van der Waals surface area contributed by atoms with Gasteiger partial charge in [0, 0.05) is 12.6 Å². The van der Waals surface area contributed by atoms with Gasteiger partial charge < -0.3 is 10.2 Å². The molecule has 0 heterocycles. The van der Waals surface area contributed by atoms with E-state index in [0.29, 0.717) is 10.4 Å². The largest absolute Gasteiger partial charge is 0.417 e. The van der Waals surface area contributed by atoms with Gasteiger partial charge in [-0.05, 0) is 68.1 Å².